The van der Waals surface area contributed by atoms with Crippen molar-refractivity contribution >= 4 is 5.91 Å². The molecule has 120 valence electrons. The van der Waals surface area contributed by atoms with Crippen molar-refractivity contribution in [3.8, 4) is 11.3 Å². The fourth-order valence-electron chi connectivity index (χ4n) is 3.25. The highest BCUT2D eigenvalue weighted by atomic mass is 16.2. The van der Waals surface area contributed by atoms with Crippen LogP contribution in [0.5, 0.6) is 0 Å². The highest BCUT2D eigenvalue weighted by molar-refractivity contribution is 5.93. The van der Waals surface area contributed by atoms with Crippen LogP contribution in [-0.4, -0.2) is 16.1 Å². The zero-order valence-corrected chi connectivity index (χ0v) is 13.5. The lowest BCUT2D eigenvalue weighted by Gasteiger charge is -2.13. The molecule has 1 heterocycles. The van der Waals surface area contributed by atoms with Crippen LogP contribution in [0, 0.1) is 6.92 Å². The summed E-state index contributed by atoms with van der Waals surface area (Å²) in [5.41, 5.74) is 6.04. The second-order valence-electron chi connectivity index (χ2n) is 6.30. The molecule has 1 aliphatic rings. The highest BCUT2D eigenvalue weighted by Gasteiger charge is 2.24. The van der Waals surface area contributed by atoms with Gasteiger partial charge in [0.15, 0.2) is 0 Å². The van der Waals surface area contributed by atoms with Gasteiger partial charge in [-0.1, -0.05) is 54.1 Å². The van der Waals surface area contributed by atoms with Crippen LogP contribution in [0.15, 0.2) is 54.6 Å². The van der Waals surface area contributed by atoms with Gasteiger partial charge in [-0.3, -0.25) is 9.89 Å². The number of rotatable bonds is 3. The van der Waals surface area contributed by atoms with Crippen molar-refractivity contribution in [2.75, 3.05) is 0 Å². The normalized spacial score (nSPS) is 16.0. The molecular formula is C20H19N3O. The molecular weight excluding hydrogens is 298 g/mol. The Morgan fingerprint density at radius 3 is 2.79 bits per heavy atom. The fourth-order valence-corrected chi connectivity index (χ4v) is 3.25. The summed E-state index contributed by atoms with van der Waals surface area (Å²) in [5.74, 6) is -0.109. The molecule has 0 saturated carbocycles. The number of amides is 1. The van der Waals surface area contributed by atoms with Gasteiger partial charge in [0.05, 0.1) is 11.7 Å². The maximum absolute atomic E-state index is 12.5. The van der Waals surface area contributed by atoms with Crippen molar-refractivity contribution in [1.29, 1.82) is 0 Å². The molecule has 2 aromatic carbocycles. The van der Waals surface area contributed by atoms with E-state index in [-0.39, 0.29) is 11.9 Å². The molecule has 4 heteroatoms. The summed E-state index contributed by atoms with van der Waals surface area (Å²) in [6, 6.07) is 18.3. The van der Waals surface area contributed by atoms with Crippen molar-refractivity contribution in [2.45, 2.75) is 25.8 Å². The highest BCUT2D eigenvalue weighted by Crippen LogP contribution is 2.31. The minimum atomic E-state index is -0.109. The largest absolute Gasteiger partial charge is 0.344 e. The number of carbonyl (C=O) groups is 1. The van der Waals surface area contributed by atoms with Crippen LogP contribution in [0.1, 0.15) is 39.6 Å². The summed E-state index contributed by atoms with van der Waals surface area (Å²) >= 11 is 0. The van der Waals surface area contributed by atoms with Crippen LogP contribution >= 0.6 is 0 Å². The minimum absolute atomic E-state index is 0.0832. The first kappa shape index (κ1) is 14.7. The Morgan fingerprint density at radius 1 is 1.17 bits per heavy atom. The van der Waals surface area contributed by atoms with E-state index in [2.05, 4.69) is 27.6 Å². The average Bonchev–Trinajstić information content (AvgIpc) is 3.23. The Labute approximate surface area is 140 Å². The molecule has 0 saturated heterocycles. The molecule has 1 aromatic heterocycles. The van der Waals surface area contributed by atoms with Crippen LogP contribution in [0.3, 0.4) is 0 Å². The van der Waals surface area contributed by atoms with Gasteiger partial charge in [0.1, 0.15) is 5.69 Å². The van der Waals surface area contributed by atoms with Crippen molar-refractivity contribution in [3.63, 3.8) is 0 Å². The third-order valence-electron chi connectivity index (χ3n) is 4.61. The van der Waals surface area contributed by atoms with Gasteiger partial charge in [-0.05, 0) is 37.0 Å². The number of aromatic nitrogens is 2. The number of benzene rings is 2. The van der Waals surface area contributed by atoms with Crippen molar-refractivity contribution < 1.29 is 4.79 Å². The summed E-state index contributed by atoms with van der Waals surface area (Å²) < 4.78 is 0. The molecule has 0 aliphatic heterocycles. The number of aryl methyl sites for hydroxylation is 2. The average molecular weight is 317 g/mol. The van der Waals surface area contributed by atoms with E-state index in [1.54, 1.807) is 6.07 Å². The number of carbonyl (C=O) groups excluding carboxylic acids is 1. The molecule has 1 unspecified atom stereocenters. The summed E-state index contributed by atoms with van der Waals surface area (Å²) in [5, 5.41) is 10.2. The second kappa shape index (κ2) is 5.96. The maximum atomic E-state index is 12.5. The smallest absolute Gasteiger partial charge is 0.269 e. The van der Waals surface area contributed by atoms with E-state index in [1.807, 2.05) is 43.3 Å². The summed E-state index contributed by atoms with van der Waals surface area (Å²) in [6.45, 7) is 2.05. The van der Waals surface area contributed by atoms with Gasteiger partial charge in [-0.2, -0.15) is 5.10 Å². The Kier molecular flexibility index (Phi) is 3.65. The lowest BCUT2D eigenvalue weighted by atomic mass is 10.1. The Morgan fingerprint density at radius 2 is 1.96 bits per heavy atom. The first-order chi connectivity index (χ1) is 11.7. The third kappa shape index (κ3) is 2.71. The van der Waals surface area contributed by atoms with Crippen molar-refractivity contribution in [1.82, 2.24) is 15.5 Å². The van der Waals surface area contributed by atoms with Gasteiger partial charge < -0.3 is 5.32 Å². The van der Waals surface area contributed by atoms with Gasteiger partial charge in [-0.25, -0.2) is 0 Å². The number of hydrogen-bond donors (Lipinski definition) is 2. The maximum Gasteiger partial charge on any atom is 0.269 e. The number of H-pyrrole nitrogens is 1. The topological polar surface area (TPSA) is 57.8 Å². The monoisotopic (exact) mass is 317 g/mol. The van der Waals surface area contributed by atoms with Gasteiger partial charge in [0, 0.05) is 5.56 Å². The van der Waals surface area contributed by atoms with Gasteiger partial charge >= 0.3 is 0 Å². The van der Waals surface area contributed by atoms with Crippen LogP contribution in [-0.2, 0) is 6.42 Å². The molecule has 0 fully saturated rings. The molecule has 1 aliphatic carbocycles. The predicted molar refractivity (Wildman–Crippen MR) is 93.7 cm³/mol. The van der Waals surface area contributed by atoms with Crippen LogP contribution in [0.4, 0.5) is 0 Å². The zero-order valence-electron chi connectivity index (χ0n) is 13.5. The number of fused-ring (bicyclic) bond motifs is 1. The van der Waals surface area contributed by atoms with Crippen molar-refractivity contribution in [3.05, 3.63) is 77.0 Å². The van der Waals surface area contributed by atoms with Crippen LogP contribution < -0.4 is 5.32 Å². The van der Waals surface area contributed by atoms with Gasteiger partial charge in [-0.15, -0.1) is 0 Å². The Balaban J connectivity index is 1.51. The lowest BCUT2D eigenvalue weighted by molar-refractivity contribution is 0.0931. The first-order valence-corrected chi connectivity index (χ1v) is 8.22. The predicted octanol–water partition coefficient (Wildman–Crippen LogP) is 3.80. The third-order valence-corrected chi connectivity index (χ3v) is 4.61. The van der Waals surface area contributed by atoms with Crippen LogP contribution in [0.25, 0.3) is 11.3 Å². The fraction of sp³-hybridized carbons (Fsp3) is 0.200. The molecule has 24 heavy (non-hydrogen) atoms. The number of aromatic amines is 1. The van der Waals surface area contributed by atoms with E-state index < -0.39 is 0 Å². The summed E-state index contributed by atoms with van der Waals surface area (Å²) in [4.78, 5) is 12.5. The molecule has 2 N–H and O–H groups in total. The quantitative estimate of drug-likeness (QED) is 0.772. The second-order valence-corrected chi connectivity index (χ2v) is 6.30. The molecule has 3 aromatic rings. The summed E-state index contributed by atoms with van der Waals surface area (Å²) in [7, 11) is 0. The number of hydrogen-bond acceptors (Lipinski definition) is 2. The van der Waals surface area contributed by atoms with E-state index in [0.29, 0.717) is 5.69 Å². The molecule has 0 spiro atoms. The van der Waals surface area contributed by atoms with E-state index in [4.69, 9.17) is 0 Å². The first-order valence-electron chi connectivity index (χ1n) is 8.22. The molecule has 1 amide bonds. The Bertz CT molecular complexity index is 880. The minimum Gasteiger partial charge on any atom is -0.344 e. The van der Waals surface area contributed by atoms with Gasteiger partial charge in [0.2, 0.25) is 0 Å². The molecule has 4 nitrogen and oxygen atoms in total. The molecule has 0 radical (unpaired) electrons. The van der Waals surface area contributed by atoms with Crippen LogP contribution in [0.2, 0.25) is 0 Å². The Hall–Kier alpha value is -2.88. The zero-order chi connectivity index (χ0) is 16.5. The van der Waals surface area contributed by atoms with E-state index in [0.717, 1.165) is 24.1 Å². The molecule has 4 rings (SSSR count). The number of nitrogens with zero attached hydrogens (tertiary/aromatic N) is 1. The molecule has 0 bridgehead atoms. The standard InChI is InChI=1S/C20H19N3O/c1-13-6-8-15(9-7-13)18-12-19(23-22-18)20(24)21-17-11-10-14-4-2-3-5-16(14)17/h2-9,12,17H,10-11H2,1H3,(H,21,24)(H,22,23). The van der Waals surface area contributed by atoms with Crippen molar-refractivity contribution in [2.24, 2.45) is 0 Å². The van der Waals surface area contributed by atoms with E-state index >= 15 is 0 Å². The van der Waals surface area contributed by atoms with E-state index in [1.165, 1.54) is 16.7 Å². The number of nitrogens with one attached hydrogen (secondary N) is 2. The molecule has 1 atom stereocenters. The van der Waals surface area contributed by atoms with Gasteiger partial charge in [0.25, 0.3) is 5.91 Å². The SMILES string of the molecule is Cc1ccc(-c2cc(C(=O)NC3CCc4ccccc43)[nH]n2)cc1. The van der Waals surface area contributed by atoms with E-state index in [9.17, 15) is 4.79 Å². The lowest BCUT2D eigenvalue weighted by Crippen LogP contribution is -2.27. The summed E-state index contributed by atoms with van der Waals surface area (Å²) in [6.07, 6.45) is 1.96.